The summed E-state index contributed by atoms with van der Waals surface area (Å²) >= 11 is 0. The number of rotatable bonds is 5. The van der Waals surface area contributed by atoms with Crippen LogP contribution in [0.3, 0.4) is 0 Å². The van der Waals surface area contributed by atoms with Crippen LogP contribution in [0.1, 0.15) is 43.6 Å². The molecule has 102 valence electrons. The van der Waals surface area contributed by atoms with E-state index in [1.807, 2.05) is 25.4 Å². The Balaban J connectivity index is 2.23. The highest BCUT2D eigenvalue weighted by Gasteiger charge is 2.08. The van der Waals surface area contributed by atoms with Crippen molar-refractivity contribution in [1.82, 2.24) is 25.1 Å². The van der Waals surface area contributed by atoms with Crippen molar-refractivity contribution in [3.63, 3.8) is 0 Å². The van der Waals surface area contributed by atoms with E-state index < -0.39 is 0 Å². The highest BCUT2D eigenvalue weighted by Crippen LogP contribution is 2.13. The lowest BCUT2D eigenvalue weighted by molar-refractivity contribution is 0.703. The van der Waals surface area contributed by atoms with Crippen molar-refractivity contribution in [3.8, 4) is 5.95 Å². The second-order valence-corrected chi connectivity index (χ2v) is 4.90. The van der Waals surface area contributed by atoms with E-state index in [2.05, 4.69) is 41.2 Å². The Morgan fingerprint density at radius 1 is 1.37 bits per heavy atom. The van der Waals surface area contributed by atoms with Crippen LogP contribution in [0.25, 0.3) is 5.95 Å². The van der Waals surface area contributed by atoms with E-state index in [9.17, 15) is 0 Å². The summed E-state index contributed by atoms with van der Waals surface area (Å²) in [6, 6.07) is 2.01. The highest BCUT2D eigenvalue weighted by atomic mass is 15.3. The Hall–Kier alpha value is -1.75. The number of hydrogen-bond acceptors (Lipinski definition) is 4. The molecule has 0 aliphatic heterocycles. The zero-order chi connectivity index (χ0) is 13.8. The fourth-order valence-corrected chi connectivity index (χ4v) is 1.78. The van der Waals surface area contributed by atoms with E-state index in [0.29, 0.717) is 11.9 Å². The van der Waals surface area contributed by atoms with Crippen LogP contribution < -0.4 is 5.32 Å². The van der Waals surface area contributed by atoms with Crippen molar-refractivity contribution in [2.45, 2.75) is 40.2 Å². The van der Waals surface area contributed by atoms with E-state index in [-0.39, 0.29) is 0 Å². The molecule has 2 heterocycles. The number of nitrogens with one attached hydrogen (secondary N) is 1. The van der Waals surface area contributed by atoms with E-state index in [0.717, 1.165) is 30.0 Å². The summed E-state index contributed by atoms with van der Waals surface area (Å²) < 4.78 is 1.74. The molecule has 0 bridgehead atoms. The summed E-state index contributed by atoms with van der Waals surface area (Å²) in [5.74, 6) is 1.04. The van der Waals surface area contributed by atoms with Gasteiger partial charge in [-0.05, 0) is 25.5 Å². The summed E-state index contributed by atoms with van der Waals surface area (Å²) in [4.78, 5) is 8.90. The lowest BCUT2D eigenvalue weighted by Gasteiger charge is -2.07. The SMILES string of the molecule is CCNCc1cnc(-n2ccc(C(C)C)n2)nc1C. The molecule has 0 fully saturated rings. The van der Waals surface area contributed by atoms with Crippen LogP contribution in [0.15, 0.2) is 18.5 Å². The summed E-state index contributed by atoms with van der Waals surface area (Å²) in [5, 5.41) is 7.77. The van der Waals surface area contributed by atoms with Crippen molar-refractivity contribution < 1.29 is 0 Å². The van der Waals surface area contributed by atoms with Crippen LogP contribution in [0.5, 0.6) is 0 Å². The minimum Gasteiger partial charge on any atom is -0.313 e. The quantitative estimate of drug-likeness (QED) is 0.894. The molecule has 0 radical (unpaired) electrons. The molecule has 2 rings (SSSR count). The molecule has 0 aliphatic rings. The molecule has 0 spiro atoms. The molecule has 0 saturated carbocycles. The fourth-order valence-electron chi connectivity index (χ4n) is 1.78. The van der Waals surface area contributed by atoms with Crippen molar-refractivity contribution in [2.24, 2.45) is 0 Å². The molecule has 2 aromatic heterocycles. The summed E-state index contributed by atoms with van der Waals surface area (Å²) in [6.45, 7) is 10.1. The Labute approximate surface area is 114 Å². The predicted molar refractivity (Wildman–Crippen MR) is 75.4 cm³/mol. The maximum atomic E-state index is 4.52. The standard InChI is InChI=1S/C14H21N5/c1-5-15-8-12-9-16-14(17-11(12)4)19-7-6-13(18-19)10(2)3/h6-7,9-10,15H,5,8H2,1-4H3. The van der Waals surface area contributed by atoms with E-state index >= 15 is 0 Å². The zero-order valence-electron chi connectivity index (χ0n) is 12.0. The van der Waals surface area contributed by atoms with E-state index in [1.165, 1.54) is 0 Å². The average Bonchev–Trinajstić information content (AvgIpc) is 2.87. The summed E-state index contributed by atoms with van der Waals surface area (Å²) in [6.07, 6.45) is 3.78. The zero-order valence-corrected chi connectivity index (χ0v) is 12.0. The van der Waals surface area contributed by atoms with Gasteiger partial charge in [-0.15, -0.1) is 0 Å². The lowest BCUT2D eigenvalue weighted by Crippen LogP contribution is -2.14. The van der Waals surface area contributed by atoms with Gasteiger partial charge in [0.2, 0.25) is 0 Å². The smallest absolute Gasteiger partial charge is 0.250 e. The molecule has 1 N–H and O–H groups in total. The van der Waals surface area contributed by atoms with Crippen LogP contribution >= 0.6 is 0 Å². The molecular formula is C14H21N5. The first-order valence-corrected chi connectivity index (χ1v) is 6.71. The van der Waals surface area contributed by atoms with Gasteiger partial charge in [0.1, 0.15) is 0 Å². The van der Waals surface area contributed by atoms with Gasteiger partial charge in [0.25, 0.3) is 5.95 Å². The Morgan fingerprint density at radius 2 is 2.16 bits per heavy atom. The van der Waals surface area contributed by atoms with Gasteiger partial charge in [0.05, 0.1) is 5.69 Å². The van der Waals surface area contributed by atoms with Crippen LogP contribution in [-0.2, 0) is 6.54 Å². The van der Waals surface area contributed by atoms with Crippen molar-refractivity contribution in [2.75, 3.05) is 6.54 Å². The second kappa shape index (κ2) is 5.93. The largest absolute Gasteiger partial charge is 0.313 e. The number of hydrogen-bond donors (Lipinski definition) is 1. The third-order valence-corrected chi connectivity index (χ3v) is 3.04. The molecule has 0 saturated heterocycles. The van der Waals surface area contributed by atoms with Gasteiger partial charge in [-0.3, -0.25) is 0 Å². The lowest BCUT2D eigenvalue weighted by atomic mass is 10.1. The summed E-state index contributed by atoms with van der Waals surface area (Å²) in [5.41, 5.74) is 3.17. The second-order valence-electron chi connectivity index (χ2n) is 4.90. The normalized spacial score (nSPS) is 11.2. The molecule has 2 aromatic rings. The average molecular weight is 259 g/mol. The third-order valence-electron chi connectivity index (χ3n) is 3.04. The molecule has 0 aliphatic carbocycles. The maximum absolute atomic E-state index is 4.52. The molecule has 5 heteroatoms. The summed E-state index contributed by atoms with van der Waals surface area (Å²) in [7, 11) is 0. The Morgan fingerprint density at radius 3 is 2.74 bits per heavy atom. The Bertz CT molecular complexity index is 545. The van der Waals surface area contributed by atoms with E-state index in [4.69, 9.17) is 0 Å². The number of aryl methyl sites for hydroxylation is 1. The van der Waals surface area contributed by atoms with Crippen molar-refractivity contribution in [1.29, 1.82) is 0 Å². The first kappa shape index (κ1) is 13.7. The van der Waals surface area contributed by atoms with Gasteiger partial charge < -0.3 is 5.32 Å². The molecule has 0 aromatic carbocycles. The van der Waals surface area contributed by atoms with Crippen LogP contribution in [-0.4, -0.2) is 26.3 Å². The van der Waals surface area contributed by atoms with Gasteiger partial charge >= 0.3 is 0 Å². The van der Waals surface area contributed by atoms with Crippen LogP contribution in [0.2, 0.25) is 0 Å². The molecule has 0 atom stereocenters. The fraction of sp³-hybridized carbons (Fsp3) is 0.500. The maximum Gasteiger partial charge on any atom is 0.250 e. The van der Waals surface area contributed by atoms with Gasteiger partial charge in [-0.25, -0.2) is 14.6 Å². The van der Waals surface area contributed by atoms with Gasteiger partial charge in [-0.2, -0.15) is 5.10 Å². The minimum absolute atomic E-state index is 0.412. The first-order valence-electron chi connectivity index (χ1n) is 6.71. The molecule has 0 unspecified atom stereocenters. The molecule has 19 heavy (non-hydrogen) atoms. The first-order chi connectivity index (χ1) is 9.11. The Kier molecular flexibility index (Phi) is 4.27. The third kappa shape index (κ3) is 3.17. The number of nitrogens with zero attached hydrogens (tertiary/aromatic N) is 4. The topological polar surface area (TPSA) is 55.6 Å². The monoisotopic (exact) mass is 259 g/mol. The minimum atomic E-state index is 0.412. The molecule has 5 nitrogen and oxygen atoms in total. The molecular weight excluding hydrogens is 238 g/mol. The van der Waals surface area contributed by atoms with Crippen molar-refractivity contribution in [3.05, 3.63) is 35.4 Å². The van der Waals surface area contributed by atoms with Gasteiger partial charge in [0, 0.05) is 30.2 Å². The van der Waals surface area contributed by atoms with Gasteiger partial charge in [0.15, 0.2) is 0 Å². The van der Waals surface area contributed by atoms with E-state index in [1.54, 1.807) is 4.68 Å². The number of aromatic nitrogens is 4. The van der Waals surface area contributed by atoms with Crippen LogP contribution in [0.4, 0.5) is 0 Å². The molecule has 0 amide bonds. The van der Waals surface area contributed by atoms with Crippen LogP contribution in [0, 0.1) is 6.92 Å². The van der Waals surface area contributed by atoms with Crippen molar-refractivity contribution >= 4 is 0 Å². The predicted octanol–water partition coefficient (Wildman–Crippen LogP) is 2.20. The van der Waals surface area contributed by atoms with Gasteiger partial charge in [-0.1, -0.05) is 20.8 Å². The highest BCUT2D eigenvalue weighted by molar-refractivity contribution is 5.22.